The average Bonchev–Trinajstić information content (AvgIpc) is 2.77. The molecule has 3 heterocycles. The smallest absolute Gasteiger partial charge is 0.243 e. The van der Waals surface area contributed by atoms with Crippen LogP contribution in [0.3, 0.4) is 0 Å². The summed E-state index contributed by atoms with van der Waals surface area (Å²) in [5, 5.41) is 5.64. The summed E-state index contributed by atoms with van der Waals surface area (Å²) in [5.41, 5.74) is 0.510. The van der Waals surface area contributed by atoms with Gasteiger partial charge in [-0.3, -0.25) is 4.79 Å². The molecule has 1 aromatic heterocycles. The molecule has 0 spiro atoms. The second kappa shape index (κ2) is 4.58. The molecule has 0 unspecified atom stereocenters. The van der Waals surface area contributed by atoms with Gasteiger partial charge in [0.25, 0.3) is 0 Å². The Labute approximate surface area is 116 Å². The van der Waals surface area contributed by atoms with Crippen LogP contribution in [-0.2, 0) is 14.6 Å². The molecule has 1 atom stereocenters. The van der Waals surface area contributed by atoms with Crippen LogP contribution in [0.15, 0.2) is 6.33 Å². The van der Waals surface area contributed by atoms with Crippen molar-refractivity contribution in [1.82, 2.24) is 9.97 Å². The maximum absolute atomic E-state index is 11.6. The van der Waals surface area contributed by atoms with Crippen LogP contribution in [0.2, 0.25) is 0 Å². The first-order valence-electron chi connectivity index (χ1n) is 6.28. The summed E-state index contributed by atoms with van der Waals surface area (Å²) in [7, 11) is -1.18. The predicted molar refractivity (Wildman–Crippen MR) is 74.6 cm³/mol. The van der Waals surface area contributed by atoms with E-state index in [1.54, 1.807) is 11.9 Å². The molecule has 1 amide bonds. The van der Waals surface area contributed by atoms with Crippen LogP contribution in [0.25, 0.3) is 0 Å². The summed E-state index contributed by atoms with van der Waals surface area (Å²) in [4.78, 5) is 21.5. The van der Waals surface area contributed by atoms with E-state index in [2.05, 4.69) is 20.6 Å². The third-order valence-electron chi connectivity index (χ3n) is 3.60. The van der Waals surface area contributed by atoms with E-state index in [-0.39, 0.29) is 30.0 Å². The highest BCUT2D eigenvalue weighted by atomic mass is 32.2. The number of rotatable bonds is 2. The third kappa shape index (κ3) is 2.28. The van der Waals surface area contributed by atoms with E-state index in [4.69, 9.17) is 0 Å². The van der Waals surface area contributed by atoms with E-state index in [9.17, 15) is 13.2 Å². The molecule has 9 heteroatoms. The molecule has 1 aromatic rings. The van der Waals surface area contributed by atoms with E-state index in [1.165, 1.54) is 6.33 Å². The Hall–Kier alpha value is -1.90. The highest BCUT2D eigenvalue weighted by molar-refractivity contribution is 7.91. The quantitative estimate of drug-likeness (QED) is 0.755. The molecule has 1 fully saturated rings. The van der Waals surface area contributed by atoms with Gasteiger partial charge in [-0.15, -0.1) is 0 Å². The lowest BCUT2D eigenvalue weighted by Crippen LogP contribution is -2.36. The Kier molecular flexibility index (Phi) is 3.00. The lowest BCUT2D eigenvalue weighted by molar-refractivity contribution is -0.114. The van der Waals surface area contributed by atoms with Gasteiger partial charge in [0.2, 0.25) is 5.91 Å². The first-order chi connectivity index (χ1) is 9.46. The number of anilines is 3. The van der Waals surface area contributed by atoms with Crippen molar-refractivity contribution in [3.05, 3.63) is 6.33 Å². The number of carbonyl (C=O) groups excluding carboxylic acids is 1. The van der Waals surface area contributed by atoms with Crippen LogP contribution in [0.4, 0.5) is 17.3 Å². The normalized spacial score (nSPS) is 23.6. The second-order valence-electron chi connectivity index (χ2n) is 4.99. The first-order valence-corrected chi connectivity index (χ1v) is 8.10. The number of nitrogens with one attached hydrogen (secondary N) is 2. The van der Waals surface area contributed by atoms with Gasteiger partial charge >= 0.3 is 0 Å². The highest BCUT2D eigenvalue weighted by Gasteiger charge is 2.33. The average molecular weight is 297 g/mol. The van der Waals surface area contributed by atoms with Crippen molar-refractivity contribution in [1.29, 1.82) is 0 Å². The summed E-state index contributed by atoms with van der Waals surface area (Å²) in [6.45, 7) is 0.172. The first kappa shape index (κ1) is 13.1. The number of amides is 1. The van der Waals surface area contributed by atoms with Crippen molar-refractivity contribution in [2.75, 3.05) is 40.6 Å². The second-order valence-corrected chi connectivity index (χ2v) is 7.22. The van der Waals surface area contributed by atoms with Crippen molar-refractivity contribution in [2.24, 2.45) is 0 Å². The summed E-state index contributed by atoms with van der Waals surface area (Å²) in [5.74, 6) is 1.24. The van der Waals surface area contributed by atoms with Gasteiger partial charge in [-0.2, -0.15) is 0 Å². The molecule has 2 N–H and O–H groups in total. The van der Waals surface area contributed by atoms with E-state index in [0.29, 0.717) is 23.7 Å². The van der Waals surface area contributed by atoms with E-state index >= 15 is 0 Å². The minimum Gasteiger partial charge on any atom is -0.359 e. The molecule has 0 saturated carbocycles. The maximum atomic E-state index is 11.6. The number of fused-ring (bicyclic) bond motifs is 1. The maximum Gasteiger partial charge on any atom is 0.243 e. The molecule has 2 aliphatic rings. The fourth-order valence-electron chi connectivity index (χ4n) is 2.49. The van der Waals surface area contributed by atoms with E-state index in [0.717, 1.165) is 0 Å². The Balaban J connectivity index is 1.93. The fourth-order valence-corrected chi connectivity index (χ4v) is 4.27. The van der Waals surface area contributed by atoms with Crippen molar-refractivity contribution in [3.63, 3.8) is 0 Å². The van der Waals surface area contributed by atoms with Crippen LogP contribution in [-0.4, -0.2) is 55.4 Å². The molecule has 8 nitrogen and oxygen atoms in total. The molecule has 3 rings (SSSR count). The van der Waals surface area contributed by atoms with Gasteiger partial charge in [0, 0.05) is 13.1 Å². The van der Waals surface area contributed by atoms with Gasteiger partial charge in [0.15, 0.2) is 21.5 Å². The van der Waals surface area contributed by atoms with Crippen LogP contribution < -0.4 is 15.5 Å². The number of carbonyl (C=O) groups is 1. The van der Waals surface area contributed by atoms with Gasteiger partial charge < -0.3 is 15.5 Å². The van der Waals surface area contributed by atoms with Crippen molar-refractivity contribution < 1.29 is 13.2 Å². The summed E-state index contributed by atoms with van der Waals surface area (Å²) < 4.78 is 23.2. The molecule has 2 aliphatic heterocycles. The number of nitrogens with zero attached hydrogens (tertiary/aromatic N) is 3. The molecule has 0 aliphatic carbocycles. The van der Waals surface area contributed by atoms with Gasteiger partial charge in [0.1, 0.15) is 12.0 Å². The monoisotopic (exact) mass is 297 g/mol. The minimum absolute atomic E-state index is 0.115. The summed E-state index contributed by atoms with van der Waals surface area (Å²) in [6, 6.07) is -0.127. The standard InChI is InChI=1S/C11H15N5O3S/c1-16(7-2-3-20(18,19)5-7)11-9-10(13-6-14-11)12-4-8(17)15-9/h6-7H,2-5H2,1H3,(H,15,17)(H,12,13,14)/t7-/m1/s1. The lowest BCUT2D eigenvalue weighted by atomic mass is 10.2. The van der Waals surface area contributed by atoms with Crippen LogP contribution in [0.5, 0.6) is 0 Å². The molecule has 1 saturated heterocycles. The molecular formula is C11H15N5O3S. The number of aromatic nitrogens is 2. The molecule has 108 valence electrons. The van der Waals surface area contributed by atoms with E-state index in [1.807, 2.05) is 0 Å². The number of hydrogen-bond donors (Lipinski definition) is 2. The van der Waals surface area contributed by atoms with Gasteiger partial charge in [-0.1, -0.05) is 0 Å². The summed E-state index contributed by atoms with van der Waals surface area (Å²) in [6.07, 6.45) is 1.97. The van der Waals surface area contributed by atoms with Crippen molar-refractivity contribution >= 4 is 33.1 Å². The van der Waals surface area contributed by atoms with Gasteiger partial charge in [-0.25, -0.2) is 18.4 Å². The molecular weight excluding hydrogens is 282 g/mol. The molecule has 0 radical (unpaired) electrons. The van der Waals surface area contributed by atoms with Gasteiger partial charge in [0.05, 0.1) is 18.1 Å². The van der Waals surface area contributed by atoms with E-state index < -0.39 is 9.84 Å². The minimum atomic E-state index is -2.97. The lowest BCUT2D eigenvalue weighted by Gasteiger charge is -2.28. The number of sulfone groups is 1. The zero-order valence-electron chi connectivity index (χ0n) is 11.0. The largest absolute Gasteiger partial charge is 0.359 e. The fraction of sp³-hybridized carbons (Fsp3) is 0.545. The Bertz CT molecular complexity index is 660. The molecule has 20 heavy (non-hydrogen) atoms. The Morgan fingerprint density at radius 1 is 1.40 bits per heavy atom. The summed E-state index contributed by atoms with van der Waals surface area (Å²) >= 11 is 0. The topological polar surface area (TPSA) is 104 Å². The van der Waals surface area contributed by atoms with Crippen LogP contribution in [0.1, 0.15) is 6.42 Å². The van der Waals surface area contributed by atoms with Crippen LogP contribution >= 0.6 is 0 Å². The van der Waals surface area contributed by atoms with Crippen molar-refractivity contribution in [2.45, 2.75) is 12.5 Å². The molecule has 0 aromatic carbocycles. The number of hydrogen-bond acceptors (Lipinski definition) is 7. The zero-order chi connectivity index (χ0) is 14.3. The SMILES string of the molecule is CN(c1ncnc2c1NC(=O)CN2)[C@@H]1CCS(=O)(=O)C1. The highest BCUT2D eigenvalue weighted by Crippen LogP contribution is 2.33. The van der Waals surface area contributed by atoms with Gasteiger partial charge in [-0.05, 0) is 6.42 Å². The predicted octanol–water partition coefficient (Wildman–Crippen LogP) is -0.536. The Morgan fingerprint density at radius 2 is 2.20 bits per heavy atom. The Morgan fingerprint density at radius 3 is 2.90 bits per heavy atom. The third-order valence-corrected chi connectivity index (χ3v) is 5.35. The zero-order valence-corrected chi connectivity index (χ0v) is 11.8. The molecule has 0 bridgehead atoms. The van der Waals surface area contributed by atoms with Crippen molar-refractivity contribution in [3.8, 4) is 0 Å². The van der Waals surface area contributed by atoms with Crippen LogP contribution in [0, 0.1) is 0 Å².